The van der Waals surface area contributed by atoms with E-state index in [1.165, 1.54) is 13.2 Å². The molecule has 1 aliphatic carbocycles. The topological polar surface area (TPSA) is 101 Å². The van der Waals surface area contributed by atoms with Gasteiger partial charge in [-0.3, -0.25) is 9.59 Å². The van der Waals surface area contributed by atoms with Gasteiger partial charge in [-0.1, -0.05) is 0 Å². The molecule has 1 amide bonds. The number of amides is 1. The van der Waals surface area contributed by atoms with Gasteiger partial charge in [0.1, 0.15) is 0 Å². The summed E-state index contributed by atoms with van der Waals surface area (Å²) < 4.78 is 4.85. The van der Waals surface area contributed by atoms with Crippen LogP contribution in [-0.2, 0) is 4.79 Å². The van der Waals surface area contributed by atoms with Crippen molar-refractivity contribution in [2.75, 3.05) is 7.11 Å². The molecule has 0 spiro atoms. The summed E-state index contributed by atoms with van der Waals surface area (Å²) in [7, 11) is 1.47. The van der Waals surface area contributed by atoms with Crippen molar-refractivity contribution in [1.82, 2.24) is 15.5 Å². The van der Waals surface area contributed by atoms with Crippen LogP contribution in [0.2, 0.25) is 0 Å². The Hall–Kier alpha value is -2.18. The number of hydrogen-bond acceptors (Lipinski definition) is 5. The summed E-state index contributed by atoms with van der Waals surface area (Å²) in [6.07, 6.45) is 1.73. The highest BCUT2D eigenvalue weighted by molar-refractivity contribution is 5.92. The predicted octanol–water partition coefficient (Wildman–Crippen LogP) is 0.468. The predicted molar refractivity (Wildman–Crippen MR) is 64.8 cm³/mol. The molecular weight excluding hydrogens is 250 g/mol. The number of hydrogen-bond donors (Lipinski definition) is 2. The molecule has 0 unspecified atom stereocenters. The molecule has 2 N–H and O–H groups in total. The summed E-state index contributed by atoms with van der Waals surface area (Å²) in [6, 6.07) is 2.96. The Labute approximate surface area is 110 Å². The summed E-state index contributed by atoms with van der Waals surface area (Å²) in [5.41, 5.74) is 0.194. The highest BCUT2D eigenvalue weighted by Gasteiger charge is 2.30. The van der Waals surface area contributed by atoms with E-state index < -0.39 is 5.97 Å². The fraction of sp³-hybridized carbons (Fsp3) is 0.500. The highest BCUT2D eigenvalue weighted by Crippen LogP contribution is 2.25. The molecule has 19 heavy (non-hydrogen) atoms. The van der Waals surface area contributed by atoms with E-state index >= 15 is 0 Å². The van der Waals surface area contributed by atoms with E-state index in [1.54, 1.807) is 6.07 Å². The van der Waals surface area contributed by atoms with Gasteiger partial charge in [-0.05, 0) is 25.3 Å². The Kier molecular flexibility index (Phi) is 3.94. The van der Waals surface area contributed by atoms with Crippen LogP contribution in [0.25, 0.3) is 0 Å². The fourth-order valence-corrected chi connectivity index (χ4v) is 2.15. The molecule has 102 valence electrons. The number of aromatic nitrogens is 2. The van der Waals surface area contributed by atoms with Crippen LogP contribution in [0.3, 0.4) is 0 Å². The molecule has 1 aliphatic rings. The van der Waals surface area contributed by atoms with Crippen molar-refractivity contribution in [2.24, 2.45) is 5.92 Å². The quantitative estimate of drug-likeness (QED) is 0.820. The van der Waals surface area contributed by atoms with Crippen molar-refractivity contribution < 1.29 is 19.4 Å². The van der Waals surface area contributed by atoms with E-state index in [-0.39, 0.29) is 23.6 Å². The third-order valence-corrected chi connectivity index (χ3v) is 3.20. The number of carboxylic acids is 1. The Bertz CT molecular complexity index is 474. The van der Waals surface area contributed by atoms with E-state index in [0.717, 1.165) is 0 Å². The van der Waals surface area contributed by atoms with Gasteiger partial charge < -0.3 is 15.2 Å². The molecule has 2 rings (SSSR count). The number of carbonyl (C=O) groups is 2. The Balaban J connectivity index is 1.92. The van der Waals surface area contributed by atoms with Crippen molar-refractivity contribution in [1.29, 1.82) is 0 Å². The Morgan fingerprint density at radius 3 is 2.68 bits per heavy atom. The number of nitrogens with zero attached hydrogens (tertiary/aromatic N) is 2. The largest absolute Gasteiger partial charge is 0.481 e. The van der Waals surface area contributed by atoms with E-state index in [2.05, 4.69) is 15.5 Å². The van der Waals surface area contributed by atoms with Gasteiger partial charge in [0.15, 0.2) is 5.69 Å². The van der Waals surface area contributed by atoms with Gasteiger partial charge in [0.25, 0.3) is 5.91 Å². The van der Waals surface area contributed by atoms with Crippen molar-refractivity contribution in [3.63, 3.8) is 0 Å². The summed E-state index contributed by atoms with van der Waals surface area (Å²) in [6.45, 7) is 0. The second kappa shape index (κ2) is 5.64. The van der Waals surface area contributed by atoms with E-state index in [4.69, 9.17) is 9.84 Å². The first-order valence-corrected chi connectivity index (χ1v) is 6.01. The standard InChI is InChI=1S/C12H15N3O4/c1-19-10-5-4-9(14-15-10)11(16)13-8-3-2-7(6-8)12(17)18/h4-5,7-8H,2-3,6H2,1H3,(H,13,16)(H,17,18)/t7-,8+/m1/s1. The molecule has 0 aromatic carbocycles. The zero-order valence-corrected chi connectivity index (χ0v) is 10.5. The van der Waals surface area contributed by atoms with Crippen LogP contribution in [0.5, 0.6) is 5.88 Å². The molecule has 0 aliphatic heterocycles. The van der Waals surface area contributed by atoms with Gasteiger partial charge in [-0.15, -0.1) is 10.2 Å². The van der Waals surface area contributed by atoms with Crippen LogP contribution in [0, 0.1) is 5.92 Å². The molecule has 7 heteroatoms. The lowest BCUT2D eigenvalue weighted by Crippen LogP contribution is -2.34. The second-order valence-corrected chi connectivity index (χ2v) is 4.48. The first kappa shape index (κ1) is 13.3. The third-order valence-electron chi connectivity index (χ3n) is 3.20. The normalized spacial score (nSPS) is 21.9. The molecule has 1 aromatic rings. The molecule has 0 saturated heterocycles. The lowest BCUT2D eigenvalue weighted by atomic mass is 10.1. The van der Waals surface area contributed by atoms with Crippen LogP contribution in [0.4, 0.5) is 0 Å². The molecule has 2 atom stereocenters. The lowest BCUT2D eigenvalue weighted by Gasteiger charge is -2.11. The van der Waals surface area contributed by atoms with E-state index in [9.17, 15) is 9.59 Å². The van der Waals surface area contributed by atoms with Gasteiger partial charge in [0.05, 0.1) is 13.0 Å². The number of methoxy groups -OCH3 is 1. The SMILES string of the molecule is COc1ccc(C(=O)N[C@H]2CC[C@@H](C(=O)O)C2)nn1. The zero-order chi connectivity index (χ0) is 13.8. The van der Waals surface area contributed by atoms with Gasteiger partial charge >= 0.3 is 5.97 Å². The summed E-state index contributed by atoms with van der Waals surface area (Å²) in [5.74, 6) is -1.18. The maximum Gasteiger partial charge on any atom is 0.306 e. The van der Waals surface area contributed by atoms with E-state index in [1.807, 2.05) is 0 Å². The van der Waals surface area contributed by atoms with Crippen LogP contribution in [0.1, 0.15) is 29.8 Å². The monoisotopic (exact) mass is 265 g/mol. The lowest BCUT2D eigenvalue weighted by molar-refractivity contribution is -0.141. The van der Waals surface area contributed by atoms with Gasteiger partial charge in [0.2, 0.25) is 5.88 Å². The Morgan fingerprint density at radius 1 is 1.37 bits per heavy atom. The first-order chi connectivity index (χ1) is 9.10. The minimum absolute atomic E-state index is 0.113. The van der Waals surface area contributed by atoms with Gasteiger partial charge in [-0.25, -0.2) is 0 Å². The molecule has 1 aromatic heterocycles. The third kappa shape index (κ3) is 3.18. The highest BCUT2D eigenvalue weighted by atomic mass is 16.5. The second-order valence-electron chi connectivity index (χ2n) is 4.48. The minimum Gasteiger partial charge on any atom is -0.481 e. The number of ether oxygens (including phenoxy) is 1. The zero-order valence-electron chi connectivity index (χ0n) is 10.5. The first-order valence-electron chi connectivity index (χ1n) is 6.01. The molecule has 1 fully saturated rings. The molecule has 1 heterocycles. The van der Waals surface area contributed by atoms with Crippen molar-refractivity contribution in [3.8, 4) is 5.88 Å². The molecule has 0 bridgehead atoms. The summed E-state index contributed by atoms with van der Waals surface area (Å²) in [5, 5.41) is 19.1. The van der Waals surface area contributed by atoms with Crippen molar-refractivity contribution in [2.45, 2.75) is 25.3 Å². The van der Waals surface area contributed by atoms with Gasteiger partial charge in [0, 0.05) is 12.1 Å². The fourth-order valence-electron chi connectivity index (χ4n) is 2.15. The van der Waals surface area contributed by atoms with Crippen molar-refractivity contribution in [3.05, 3.63) is 17.8 Å². The molecule has 1 saturated carbocycles. The molecule has 0 radical (unpaired) electrons. The van der Waals surface area contributed by atoms with Crippen LogP contribution in [0.15, 0.2) is 12.1 Å². The number of aliphatic carboxylic acids is 1. The summed E-state index contributed by atoms with van der Waals surface area (Å²) >= 11 is 0. The Morgan fingerprint density at radius 2 is 2.16 bits per heavy atom. The molecule has 7 nitrogen and oxygen atoms in total. The minimum atomic E-state index is -0.805. The number of carboxylic acid groups (broad SMARTS) is 1. The average Bonchev–Trinajstić information content (AvgIpc) is 2.87. The number of carbonyl (C=O) groups excluding carboxylic acids is 1. The smallest absolute Gasteiger partial charge is 0.306 e. The number of rotatable bonds is 4. The maximum absolute atomic E-state index is 11.9. The van der Waals surface area contributed by atoms with Crippen LogP contribution in [-0.4, -0.2) is 40.3 Å². The molecular formula is C12H15N3O4. The number of nitrogens with one attached hydrogen (secondary N) is 1. The maximum atomic E-state index is 11.9. The van der Waals surface area contributed by atoms with Crippen molar-refractivity contribution >= 4 is 11.9 Å². The van der Waals surface area contributed by atoms with Crippen LogP contribution >= 0.6 is 0 Å². The van der Waals surface area contributed by atoms with E-state index in [0.29, 0.717) is 25.1 Å². The summed E-state index contributed by atoms with van der Waals surface area (Å²) in [4.78, 5) is 22.7. The van der Waals surface area contributed by atoms with Gasteiger partial charge in [-0.2, -0.15) is 0 Å². The average molecular weight is 265 g/mol. The van der Waals surface area contributed by atoms with Crippen LogP contribution < -0.4 is 10.1 Å².